The van der Waals surface area contributed by atoms with Gasteiger partial charge in [-0.3, -0.25) is 19.3 Å². The highest BCUT2D eigenvalue weighted by Crippen LogP contribution is 2.26. The van der Waals surface area contributed by atoms with Crippen LogP contribution >= 0.6 is 0 Å². The number of hydrogen-bond acceptors (Lipinski definition) is 9. The van der Waals surface area contributed by atoms with Gasteiger partial charge in [0.05, 0.1) is 27.9 Å². The molecule has 0 bridgehead atoms. The number of ether oxygens (including phenoxy) is 4. The molecule has 2 aromatic rings. The Kier molecular flexibility index (Phi) is 10.0. The van der Waals surface area contributed by atoms with Crippen LogP contribution < -0.4 is 5.32 Å². The Balaban J connectivity index is 1.87. The van der Waals surface area contributed by atoms with E-state index in [0.29, 0.717) is 0 Å². The Labute approximate surface area is 226 Å². The van der Waals surface area contributed by atoms with Crippen molar-refractivity contribution in [3.05, 3.63) is 71.3 Å². The first-order valence-corrected chi connectivity index (χ1v) is 12.3. The molecule has 0 spiro atoms. The molecular weight excluding hydrogens is 508 g/mol. The molecule has 0 aliphatic carbocycles. The number of hydrogen-bond donors (Lipinski definition) is 1. The van der Waals surface area contributed by atoms with Crippen molar-refractivity contribution in [2.75, 3.05) is 21.3 Å². The van der Waals surface area contributed by atoms with E-state index in [1.54, 1.807) is 0 Å². The zero-order valence-corrected chi connectivity index (χ0v) is 22.2. The third kappa shape index (κ3) is 6.92. The molecule has 39 heavy (non-hydrogen) atoms. The second-order valence-corrected chi connectivity index (χ2v) is 9.05. The maximum atomic E-state index is 13.6. The summed E-state index contributed by atoms with van der Waals surface area (Å²) in [5.41, 5.74) is 2.49. The molecule has 0 fully saturated rings. The van der Waals surface area contributed by atoms with Gasteiger partial charge in [0.15, 0.2) is 5.92 Å². The van der Waals surface area contributed by atoms with Crippen LogP contribution in [0.25, 0.3) is 0 Å². The van der Waals surface area contributed by atoms with Crippen molar-refractivity contribution in [2.45, 2.75) is 38.6 Å². The number of carbonyl (C=O) groups excluding carboxylic acids is 5. The Morgan fingerprint density at radius 2 is 1.41 bits per heavy atom. The molecule has 11 heteroatoms. The number of fused-ring (bicyclic) bond motifs is 1. The maximum absolute atomic E-state index is 13.6. The van der Waals surface area contributed by atoms with E-state index in [4.69, 9.17) is 18.9 Å². The first kappa shape index (κ1) is 29.2. The number of methoxy groups -OCH3 is 3. The van der Waals surface area contributed by atoms with E-state index >= 15 is 0 Å². The summed E-state index contributed by atoms with van der Waals surface area (Å²) in [5, 5.41) is 2.59. The van der Waals surface area contributed by atoms with E-state index in [1.165, 1.54) is 11.8 Å². The molecular formula is C28H32N2O9. The molecule has 11 nitrogen and oxygen atoms in total. The third-order valence-electron chi connectivity index (χ3n) is 6.71. The standard InChI is InChI=1S/C28H32N2O9/c1-17(22(25(32)36-2)26(33)37-3)23(27(34)38-4)29-24(31)21-14-19-12-8-9-13-20(19)15-30(21)28(35)39-16-18-10-6-5-7-11-18/h5-13,17,21-23H,14-16H2,1-4H3,(H,29,31)/t17-,21-,23+/m0/s1. The molecule has 3 atom stereocenters. The van der Waals surface area contributed by atoms with E-state index in [1.807, 2.05) is 54.6 Å². The van der Waals surface area contributed by atoms with Crippen molar-refractivity contribution in [1.29, 1.82) is 0 Å². The normalized spacial score (nSPS) is 15.8. The number of nitrogens with zero attached hydrogens (tertiary/aromatic N) is 1. The first-order valence-electron chi connectivity index (χ1n) is 12.3. The van der Waals surface area contributed by atoms with Crippen LogP contribution in [0, 0.1) is 11.8 Å². The Hall–Kier alpha value is -4.41. The topological polar surface area (TPSA) is 138 Å². The maximum Gasteiger partial charge on any atom is 0.411 e. The zero-order valence-electron chi connectivity index (χ0n) is 22.2. The van der Waals surface area contributed by atoms with E-state index < -0.39 is 53.8 Å². The van der Waals surface area contributed by atoms with Gasteiger partial charge in [-0.1, -0.05) is 61.5 Å². The lowest BCUT2D eigenvalue weighted by Gasteiger charge is -2.36. The van der Waals surface area contributed by atoms with Gasteiger partial charge in [0.2, 0.25) is 5.91 Å². The molecule has 2 aromatic carbocycles. The predicted octanol–water partition coefficient (Wildman–Crippen LogP) is 2.01. The average Bonchev–Trinajstić information content (AvgIpc) is 2.97. The molecule has 208 valence electrons. The van der Waals surface area contributed by atoms with Crippen LogP contribution in [0.5, 0.6) is 0 Å². The lowest BCUT2D eigenvalue weighted by Crippen LogP contribution is -2.58. The van der Waals surface area contributed by atoms with Crippen LogP contribution in [0.2, 0.25) is 0 Å². The summed E-state index contributed by atoms with van der Waals surface area (Å²) in [4.78, 5) is 65.6. The van der Waals surface area contributed by atoms with Gasteiger partial charge in [-0.15, -0.1) is 0 Å². The Morgan fingerprint density at radius 3 is 2.00 bits per heavy atom. The fourth-order valence-electron chi connectivity index (χ4n) is 4.50. The molecule has 1 aliphatic heterocycles. The summed E-state index contributed by atoms with van der Waals surface area (Å²) in [7, 11) is 3.30. The molecule has 2 amide bonds. The highest BCUT2D eigenvalue weighted by molar-refractivity contribution is 5.97. The van der Waals surface area contributed by atoms with Crippen LogP contribution in [-0.2, 0) is 57.7 Å². The minimum Gasteiger partial charge on any atom is -0.468 e. The number of esters is 3. The fourth-order valence-corrected chi connectivity index (χ4v) is 4.50. The number of rotatable bonds is 9. The molecule has 1 N–H and O–H groups in total. The smallest absolute Gasteiger partial charge is 0.411 e. The third-order valence-corrected chi connectivity index (χ3v) is 6.71. The number of amides is 2. The molecule has 0 aromatic heterocycles. The highest BCUT2D eigenvalue weighted by atomic mass is 16.6. The quantitative estimate of drug-likeness (QED) is 0.288. The monoisotopic (exact) mass is 540 g/mol. The summed E-state index contributed by atoms with van der Waals surface area (Å²) in [6, 6.07) is 14.0. The van der Waals surface area contributed by atoms with Crippen molar-refractivity contribution in [1.82, 2.24) is 10.2 Å². The van der Waals surface area contributed by atoms with Crippen molar-refractivity contribution in [3.63, 3.8) is 0 Å². The SMILES string of the molecule is COC(=O)C(C(=O)OC)[C@H](C)[C@@H](NC(=O)[C@@H]1Cc2ccccc2CN1C(=O)OCc1ccccc1)C(=O)OC. The molecule has 0 saturated heterocycles. The van der Waals surface area contributed by atoms with Crippen molar-refractivity contribution >= 4 is 29.9 Å². The van der Waals surface area contributed by atoms with Crippen molar-refractivity contribution < 1.29 is 42.9 Å². The molecule has 0 unspecified atom stereocenters. The summed E-state index contributed by atoms with van der Waals surface area (Å²) in [6.07, 6.45) is -0.555. The van der Waals surface area contributed by atoms with Crippen molar-refractivity contribution in [3.8, 4) is 0 Å². The Bertz CT molecular complexity index is 1180. The van der Waals surface area contributed by atoms with Crippen LogP contribution in [-0.4, -0.2) is 68.2 Å². The second kappa shape index (κ2) is 13.4. The zero-order chi connectivity index (χ0) is 28.5. The van der Waals surface area contributed by atoms with E-state index in [0.717, 1.165) is 38.0 Å². The summed E-state index contributed by atoms with van der Waals surface area (Å²) in [5.74, 6) is -6.05. The average molecular weight is 541 g/mol. The van der Waals surface area contributed by atoms with Gasteiger partial charge < -0.3 is 24.3 Å². The molecule has 3 rings (SSSR count). The van der Waals surface area contributed by atoms with Crippen LogP contribution in [0.1, 0.15) is 23.6 Å². The number of benzene rings is 2. The van der Waals surface area contributed by atoms with Gasteiger partial charge in [0.25, 0.3) is 0 Å². The van der Waals surface area contributed by atoms with Gasteiger partial charge in [-0.05, 0) is 16.7 Å². The highest BCUT2D eigenvalue weighted by Gasteiger charge is 2.44. The fraction of sp³-hybridized carbons (Fsp3) is 0.393. The summed E-state index contributed by atoms with van der Waals surface area (Å²) >= 11 is 0. The summed E-state index contributed by atoms with van der Waals surface area (Å²) in [6.45, 7) is 1.53. The van der Waals surface area contributed by atoms with E-state index in [-0.39, 0.29) is 19.6 Å². The van der Waals surface area contributed by atoms with Crippen LogP contribution in [0.15, 0.2) is 54.6 Å². The molecule has 1 heterocycles. The number of nitrogens with one attached hydrogen (secondary N) is 1. The lowest BCUT2D eigenvalue weighted by molar-refractivity contribution is -0.163. The van der Waals surface area contributed by atoms with Crippen LogP contribution in [0.4, 0.5) is 4.79 Å². The number of carbonyl (C=O) groups is 5. The molecule has 1 aliphatic rings. The van der Waals surface area contributed by atoms with Gasteiger partial charge >= 0.3 is 24.0 Å². The van der Waals surface area contributed by atoms with E-state index in [2.05, 4.69) is 5.32 Å². The van der Waals surface area contributed by atoms with Crippen LogP contribution in [0.3, 0.4) is 0 Å². The first-order chi connectivity index (χ1) is 18.7. The summed E-state index contributed by atoms with van der Waals surface area (Å²) < 4.78 is 19.8. The molecule has 0 saturated carbocycles. The van der Waals surface area contributed by atoms with Crippen molar-refractivity contribution in [2.24, 2.45) is 11.8 Å². The largest absolute Gasteiger partial charge is 0.468 e. The van der Waals surface area contributed by atoms with Gasteiger partial charge in [-0.25, -0.2) is 9.59 Å². The Morgan fingerprint density at radius 1 is 0.846 bits per heavy atom. The van der Waals surface area contributed by atoms with Gasteiger partial charge in [-0.2, -0.15) is 0 Å². The lowest BCUT2D eigenvalue weighted by atomic mass is 9.86. The minimum absolute atomic E-state index is 0.00785. The minimum atomic E-state index is -1.51. The van der Waals surface area contributed by atoms with Gasteiger partial charge in [0.1, 0.15) is 18.7 Å². The predicted molar refractivity (Wildman–Crippen MR) is 137 cm³/mol. The molecule has 0 radical (unpaired) electrons. The van der Waals surface area contributed by atoms with E-state index in [9.17, 15) is 24.0 Å². The second-order valence-electron chi connectivity index (χ2n) is 9.05. The van der Waals surface area contributed by atoms with Gasteiger partial charge in [0, 0.05) is 12.3 Å².